The Morgan fingerprint density at radius 3 is 2.91 bits per heavy atom. The highest BCUT2D eigenvalue weighted by Crippen LogP contribution is 2.48. The van der Waals surface area contributed by atoms with Gasteiger partial charge in [0.2, 0.25) is 6.20 Å². The van der Waals surface area contributed by atoms with Crippen LogP contribution in [0.5, 0.6) is 11.8 Å². The molecule has 3 N–H and O–H groups in total. The molecule has 0 spiro atoms. The van der Waals surface area contributed by atoms with Crippen molar-refractivity contribution in [1.82, 2.24) is 9.97 Å². The van der Waals surface area contributed by atoms with Gasteiger partial charge in [-0.15, -0.1) is 0 Å². The van der Waals surface area contributed by atoms with E-state index in [2.05, 4.69) is 10.2 Å². The molecule has 1 saturated heterocycles. The second-order valence-electron chi connectivity index (χ2n) is 9.09. The van der Waals surface area contributed by atoms with Gasteiger partial charge in [0, 0.05) is 49.9 Å². The van der Waals surface area contributed by atoms with E-state index in [1.165, 1.54) is 6.07 Å². The first-order valence-corrected chi connectivity index (χ1v) is 11.1. The van der Waals surface area contributed by atoms with Crippen LogP contribution in [0.15, 0.2) is 36.7 Å². The second kappa shape index (κ2) is 7.13. The van der Waals surface area contributed by atoms with E-state index in [0.717, 1.165) is 53.4 Å². The normalized spacial score (nSPS) is 22.8. The Labute approximate surface area is 186 Å². The summed E-state index contributed by atoms with van der Waals surface area (Å²) in [5.41, 5.74) is 10.7. The number of rotatable bonds is 4. The molecule has 164 valence electrons. The average molecular weight is 434 g/mol. The molecular formula is C24H26FN6O+. The zero-order valence-electron chi connectivity index (χ0n) is 18.2. The van der Waals surface area contributed by atoms with E-state index < -0.39 is 0 Å². The summed E-state index contributed by atoms with van der Waals surface area (Å²) in [5.74, 6) is 2.29. The van der Waals surface area contributed by atoms with Gasteiger partial charge in [0.05, 0.1) is 5.69 Å². The predicted octanol–water partition coefficient (Wildman–Crippen LogP) is 2.63. The number of fused-ring (bicyclic) bond motifs is 4. The van der Waals surface area contributed by atoms with Gasteiger partial charge in [-0.2, -0.15) is 9.97 Å². The van der Waals surface area contributed by atoms with Crippen molar-refractivity contribution < 1.29 is 13.7 Å². The first-order chi connectivity index (χ1) is 15.5. The van der Waals surface area contributed by atoms with Gasteiger partial charge in [0.1, 0.15) is 18.7 Å². The van der Waals surface area contributed by atoms with Crippen molar-refractivity contribution in [3.8, 4) is 22.9 Å². The molecular weight excluding hydrogens is 407 g/mol. The van der Waals surface area contributed by atoms with Crippen molar-refractivity contribution in [2.75, 3.05) is 30.4 Å². The van der Waals surface area contributed by atoms with Crippen LogP contribution in [-0.4, -0.2) is 36.1 Å². The number of nitrogens with zero attached hydrogens (tertiary/aromatic N) is 4. The number of benzene rings is 1. The summed E-state index contributed by atoms with van der Waals surface area (Å²) in [6.07, 6.45) is 5.48. The molecule has 2 aliphatic carbocycles. The molecule has 2 fully saturated rings. The van der Waals surface area contributed by atoms with Crippen molar-refractivity contribution >= 4 is 11.5 Å². The average Bonchev–Trinajstić information content (AvgIpc) is 3.30. The zero-order chi connectivity index (χ0) is 22.0. The largest absolute Gasteiger partial charge is 0.418 e. The summed E-state index contributed by atoms with van der Waals surface area (Å²) in [6.45, 7) is 1.77. The van der Waals surface area contributed by atoms with Crippen LogP contribution in [0.4, 0.5) is 15.9 Å². The lowest BCUT2D eigenvalue weighted by Gasteiger charge is -2.36. The van der Waals surface area contributed by atoms with Gasteiger partial charge in [-0.3, -0.25) is 0 Å². The van der Waals surface area contributed by atoms with Crippen LogP contribution >= 0.6 is 0 Å². The maximum atomic E-state index is 14.5. The van der Waals surface area contributed by atoms with Crippen LogP contribution in [0.1, 0.15) is 17.7 Å². The van der Waals surface area contributed by atoms with E-state index in [-0.39, 0.29) is 11.9 Å². The number of nitrogens with two attached hydrogens (primary N) is 1. The Morgan fingerprint density at radius 2 is 2.16 bits per heavy atom. The Balaban J connectivity index is 1.47. The minimum absolute atomic E-state index is 0.251. The molecule has 3 heterocycles. The lowest BCUT2D eigenvalue weighted by Crippen LogP contribution is -2.46. The van der Waals surface area contributed by atoms with Gasteiger partial charge in [-0.05, 0) is 47.6 Å². The van der Waals surface area contributed by atoms with Crippen LogP contribution in [-0.2, 0) is 13.5 Å². The zero-order valence-corrected chi connectivity index (χ0v) is 18.2. The molecule has 7 nitrogen and oxygen atoms in total. The molecule has 0 amide bonds. The predicted molar refractivity (Wildman–Crippen MR) is 119 cm³/mol. The topological polar surface area (TPSA) is 80.2 Å². The fourth-order valence-electron chi connectivity index (χ4n) is 5.45. The smallest absolute Gasteiger partial charge is 0.324 e. The maximum absolute atomic E-state index is 14.5. The molecule has 0 radical (unpaired) electrons. The molecule has 1 saturated carbocycles. The summed E-state index contributed by atoms with van der Waals surface area (Å²) in [4.78, 5) is 11.9. The fraction of sp³-hybridized carbons (Fsp3) is 0.375. The van der Waals surface area contributed by atoms with E-state index in [1.54, 1.807) is 6.07 Å². The fourth-order valence-corrected chi connectivity index (χ4v) is 5.45. The molecule has 3 aromatic rings. The van der Waals surface area contributed by atoms with E-state index in [9.17, 15) is 4.39 Å². The summed E-state index contributed by atoms with van der Waals surface area (Å²) < 4.78 is 22.5. The summed E-state index contributed by atoms with van der Waals surface area (Å²) in [6, 6.07) is 7.50. The first-order valence-electron chi connectivity index (χ1n) is 11.1. The van der Waals surface area contributed by atoms with Crippen LogP contribution in [0, 0.1) is 17.7 Å². The minimum atomic E-state index is -0.271. The summed E-state index contributed by atoms with van der Waals surface area (Å²) in [5, 5.41) is 3.13. The minimum Gasteiger partial charge on any atom is -0.418 e. The number of anilines is 2. The highest BCUT2D eigenvalue weighted by atomic mass is 19.1. The van der Waals surface area contributed by atoms with Crippen LogP contribution in [0.2, 0.25) is 0 Å². The van der Waals surface area contributed by atoms with E-state index in [1.807, 2.05) is 43.2 Å². The first kappa shape index (κ1) is 19.4. The Morgan fingerprint density at radius 1 is 1.28 bits per heavy atom. The summed E-state index contributed by atoms with van der Waals surface area (Å²) >= 11 is 0. The third-order valence-corrected chi connectivity index (χ3v) is 7.08. The van der Waals surface area contributed by atoms with E-state index >= 15 is 0 Å². The molecule has 1 aliphatic heterocycles. The second-order valence-corrected chi connectivity index (χ2v) is 9.09. The third kappa shape index (κ3) is 3.01. The maximum Gasteiger partial charge on any atom is 0.324 e. The van der Waals surface area contributed by atoms with Crippen molar-refractivity contribution in [1.29, 1.82) is 0 Å². The number of nitrogens with one attached hydrogen (secondary N) is 1. The van der Waals surface area contributed by atoms with Gasteiger partial charge in [-0.25, -0.2) is 8.96 Å². The molecule has 32 heavy (non-hydrogen) atoms. The lowest BCUT2D eigenvalue weighted by atomic mass is 9.72. The Kier molecular flexibility index (Phi) is 4.33. The van der Waals surface area contributed by atoms with Crippen LogP contribution < -0.4 is 25.3 Å². The Hall–Kier alpha value is -3.26. The number of hydrogen-bond donors (Lipinski definition) is 2. The van der Waals surface area contributed by atoms with Gasteiger partial charge >= 0.3 is 6.01 Å². The van der Waals surface area contributed by atoms with Crippen LogP contribution in [0.3, 0.4) is 0 Å². The molecule has 1 aromatic carbocycles. The Bertz CT molecular complexity index is 1230. The monoisotopic (exact) mass is 433 g/mol. The van der Waals surface area contributed by atoms with E-state index in [4.69, 9.17) is 20.4 Å². The number of halogens is 1. The van der Waals surface area contributed by atoms with Gasteiger partial charge in [0.15, 0.2) is 11.9 Å². The third-order valence-electron chi connectivity index (χ3n) is 7.08. The number of aryl methyl sites for hydroxylation is 1. The standard InChI is InChI=1S/C24H26FN6O/c1-27-20-8-14(25)7-17-16(20)9-21-22(17)23(31-10-13-6-19(26)18(13)12-31)29-24(28-21)32-15-4-3-5-30(2)11-15/h3-5,7-8,11,13,18-19,27H,6,9-10,12,26H2,1-2H3/q+1/t13?,18?,19-/m1/s1. The van der Waals surface area contributed by atoms with Crippen molar-refractivity contribution in [2.24, 2.45) is 24.6 Å². The summed E-state index contributed by atoms with van der Waals surface area (Å²) in [7, 11) is 3.75. The number of hydrogen-bond acceptors (Lipinski definition) is 6. The molecule has 3 aliphatic rings. The number of aromatic nitrogens is 3. The van der Waals surface area contributed by atoms with Crippen molar-refractivity contribution in [3.63, 3.8) is 0 Å². The molecule has 8 heteroatoms. The molecule has 0 bridgehead atoms. The van der Waals surface area contributed by atoms with Gasteiger partial charge in [0.25, 0.3) is 0 Å². The quantitative estimate of drug-likeness (QED) is 0.482. The van der Waals surface area contributed by atoms with E-state index in [0.29, 0.717) is 30.0 Å². The van der Waals surface area contributed by atoms with Crippen molar-refractivity contribution in [3.05, 3.63) is 53.7 Å². The SMILES string of the molecule is CNc1cc(F)cc2c1Cc1nc(Oc3ccc[n+](C)c3)nc(N3CC4C[C@@H](N)C4C3)c1-2. The lowest BCUT2D eigenvalue weighted by molar-refractivity contribution is -0.671. The van der Waals surface area contributed by atoms with Gasteiger partial charge in [-0.1, -0.05) is 0 Å². The molecule has 2 aromatic heterocycles. The molecule has 6 rings (SSSR count). The van der Waals surface area contributed by atoms with Crippen LogP contribution in [0.25, 0.3) is 11.1 Å². The number of ether oxygens (including phenoxy) is 1. The van der Waals surface area contributed by atoms with Gasteiger partial charge < -0.3 is 20.7 Å². The molecule has 3 atom stereocenters. The number of pyridine rings is 1. The highest BCUT2D eigenvalue weighted by molar-refractivity contribution is 5.88. The van der Waals surface area contributed by atoms with Crippen molar-refractivity contribution in [2.45, 2.75) is 18.9 Å². The highest BCUT2D eigenvalue weighted by Gasteiger charge is 2.46. The molecule has 2 unspecified atom stereocenters.